The van der Waals surface area contributed by atoms with Gasteiger partial charge in [-0.1, -0.05) is 68.0 Å². The zero-order valence-electron chi connectivity index (χ0n) is 13.5. The largest absolute Gasteiger partial charge is 0.387 e. The molecule has 2 aromatic rings. The summed E-state index contributed by atoms with van der Waals surface area (Å²) in [7, 11) is 0. The average molecular weight is 302 g/mol. The number of nitrogens with zero attached hydrogens (tertiary/aromatic N) is 1. The zero-order chi connectivity index (χ0) is 16.2. The van der Waals surface area contributed by atoms with Crippen LogP contribution in [0.2, 0.25) is 0 Å². The smallest absolute Gasteiger partial charge is 0.104 e. The Hall–Kier alpha value is -2.61. The summed E-state index contributed by atoms with van der Waals surface area (Å²) in [6.07, 6.45) is 7.07. The molecule has 0 saturated heterocycles. The minimum absolute atomic E-state index is 0.695. The van der Waals surface area contributed by atoms with E-state index in [1.165, 1.54) is 11.1 Å². The van der Waals surface area contributed by atoms with Crippen LogP contribution in [0, 0.1) is 0 Å². The minimum Gasteiger partial charge on any atom is -0.387 e. The third-order valence-corrected chi connectivity index (χ3v) is 4.09. The van der Waals surface area contributed by atoms with Gasteiger partial charge in [-0.15, -0.1) is 0 Å². The van der Waals surface area contributed by atoms with Crippen LogP contribution < -0.4 is 5.73 Å². The molecule has 1 aliphatic heterocycles. The molecule has 0 amide bonds. The fourth-order valence-corrected chi connectivity index (χ4v) is 2.97. The number of rotatable bonds is 4. The van der Waals surface area contributed by atoms with E-state index in [0.29, 0.717) is 5.84 Å². The molecular weight excluding hydrogens is 280 g/mol. The molecule has 0 fully saturated rings. The van der Waals surface area contributed by atoms with Crippen molar-refractivity contribution >= 4 is 23.7 Å². The van der Waals surface area contributed by atoms with Gasteiger partial charge < -0.3 is 5.73 Å². The zero-order valence-corrected chi connectivity index (χ0v) is 13.5. The Morgan fingerprint density at radius 2 is 2.00 bits per heavy atom. The Kier molecular flexibility index (Phi) is 4.42. The topological polar surface area (TPSA) is 38.4 Å². The van der Waals surface area contributed by atoms with Crippen molar-refractivity contribution < 1.29 is 0 Å². The van der Waals surface area contributed by atoms with Gasteiger partial charge in [0.25, 0.3) is 0 Å². The van der Waals surface area contributed by atoms with Crippen molar-refractivity contribution in [2.45, 2.75) is 26.2 Å². The normalized spacial score (nSPS) is 13.6. The summed E-state index contributed by atoms with van der Waals surface area (Å²) in [5, 5.41) is 0. The number of hydrogen-bond acceptors (Lipinski definition) is 2. The summed E-state index contributed by atoms with van der Waals surface area (Å²) in [5.41, 5.74) is 13.0. The summed E-state index contributed by atoms with van der Waals surface area (Å²) in [6, 6.07) is 14.8. The maximum Gasteiger partial charge on any atom is 0.104 e. The quantitative estimate of drug-likeness (QED) is 0.787. The van der Waals surface area contributed by atoms with E-state index >= 15 is 0 Å². The Morgan fingerprint density at radius 3 is 2.78 bits per heavy atom. The molecule has 0 unspecified atom stereocenters. The SMILES string of the molecule is C=Cc1cccc(-c2ccc3c(c2)N=C(N)CC(CCC)=C3)c1. The van der Waals surface area contributed by atoms with E-state index in [0.717, 1.165) is 41.6 Å². The number of amidine groups is 1. The third kappa shape index (κ3) is 3.42. The predicted molar refractivity (Wildman–Crippen MR) is 101 cm³/mol. The van der Waals surface area contributed by atoms with Crippen molar-refractivity contribution in [1.82, 2.24) is 0 Å². The summed E-state index contributed by atoms with van der Waals surface area (Å²) in [5.74, 6) is 0.695. The summed E-state index contributed by atoms with van der Waals surface area (Å²) >= 11 is 0. The number of fused-ring (bicyclic) bond motifs is 1. The first-order valence-electron chi connectivity index (χ1n) is 8.09. The highest BCUT2D eigenvalue weighted by molar-refractivity contribution is 5.90. The van der Waals surface area contributed by atoms with E-state index in [-0.39, 0.29) is 0 Å². The molecule has 1 aliphatic rings. The first-order chi connectivity index (χ1) is 11.2. The Bertz CT molecular complexity index is 797. The molecule has 0 bridgehead atoms. The molecule has 1 heterocycles. The van der Waals surface area contributed by atoms with Gasteiger partial charge >= 0.3 is 0 Å². The lowest BCUT2D eigenvalue weighted by Crippen LogP contribution is -2.11. The number of aliphatic imine (C=N–C) groups is 1. The van der Waals surface area contributed by atoms with Crippen molar-refractivity contribution in [1.29, 1.82) is 0 Å². The van der Waals surface area contributed by atoms with Gasteiger partial charge in [0.15, 0.2) is 0 Å². The van der Waals surface area contributed by atoms with Crippen LogP contribution in [0.25, 0.3) is 23.3 Å². The predicted octanol–water partition coefficient (Wildman–Crippen LogP) is 5.57. The van der Waals surface area contributed by atoms with E-state index in [9.17, 15) is 0 Å². The highest BCUT2D eigenvalue weighted by Gasteiger charge is 2.11. The number of hydrogen-bond donors (Lipinski definition) is 1. The van der Waals surface area contributed by atoms with Crippen LogP contribution in [-0.2, 0) is 0 Å². The Morgan fingerprint density at radius 1 is 1.17 bits per heavy atom. The lowest BCUT2D eigenvalue weighted by Gasteiger charge is -2.07. The second-order valence-electron chi connectivity index (χ2n) is 5.94. The van der Waals surface area contributed by atoms with Crippen LogP contribution in [0.1, 0.15) is 37.3 Å². The van der Waals surface area contributed by atoms with Crippen LogP contribution in [-0.4, -0.2) is 5.84 Å². The number of nitrogens with two attached hydrogens (primary N) is 1. The van der Waals surface area contributed by atoms with Gasteiger partial charge in [0.05, 0.1) is 5.69 Å². The monoisotopic (exact) mass is 302 g/mol. The second-order valence-corrected chi connectivity index (χ2v) is 5.94. The molecule has 116 valence electrons. The maximum absolute atomic E-state index is 6.10. The lowest BCUT2D eigenvalue weighted by atomic mass is 9.99. The lowest BCUT2D eigenvalue weighted by molar-refractivity contribution is 0.894. The average Bonchev–Trinajstić information content (AvgIpc) is 2.72. The highest BCUT2D eigenvalue weighted by Crippen LogP contribution is 2.32. The van der Waals surface area contributed by atoms with Crippen molar-refractivity contribution in [2.75, 3.05) is 0 Å². The standard InChI is InChI=1S/C21H22N2/c1-3-6-16-12-19-10-9-18(14-20(19)23-21(22)13-16)17-8-5-7-15(4-2)11-17/h4-5,7-12,14H,2-3,6,13H2,1H3,(H2,22,23). The minimum atomic E-state index is 0.695. The Balaban J connectivity index is 2.05. The van der Waals surface area contributed by atoms with Gasteiger partial charge in [0, 0.05) is 12.0 Å². The van der Waals surface area contributed by atoms with Gasteiger partial charge in [-0.3, -0.25) is 0 Å². The fourth-order valence-electron chi connectivity index (χ4n) is 2.97. The summed E-state index contributed by atoms with van der Waals surface area (Å²) < 4.78 is 0. The van der Waals surface area contributed by atoms with Gasteiger partial charge in [-0.25, -0.2) is 4.99 Å². The highest BCUT2D eigenvalue weighted by atomic mass is 14.9. The molecule has 2 aromatic carbocycles. The van der Waals surface area contributed by atoms with Crippen molar-refractivity contribution in [2.24, 2.45) is 10.7 Å². The van der Waals surface area contributed by atoms with Crippen molar-refractivity contribution in [3.63, 3.8) is 0 Å². The molecule has 2 heteroatoms. The van der Waals surface area contributed by atoms with Gasteiger partial charge in [0.2, 0.25) is 0 Å². The van der Waals surface area contributed by atoms with Crippen LogP contribution in [0.4, 0.5) is 5.69 Å². The molecule has 23 heavy (non-hydrogen) atoms. The van der Waals surface area contributed by atoms with Crippen LogP contribution >= 0.6 is 0 Å². The summed E-state index contributed by atoms with van der Waals surface area (Å²) in [6.45, 7) is 6.03. The molecule has 3 rings (SSSR count). The van der Waals surface area contributed by atoms with Crippen molar-refractivity contribution in [3.8, 4) is 11.1 Å². The van der Waals surface area contributed by atoms with Crippen LogP contribution in [0.5, 0.6) is 0 Å². The van der Waals surface area contributed by atoms with E-state index in [1.54, 1.807) is 0 Å². The molecule has 0 aliphatic carbocycles. The Labute approximate surface area is 138 Å². The first-order valence-corrected chi connectivity index (χ1v) is 8.09. The van der Waals surface area contributed by atoms with Gasteiger partial charge in [-0.05, 0) is 35.2 Å². The molecule has 0 aromatic heterocycles. The molecule has 0 radical (unpaired) electrons. The second kappa shape index (κ2) is 6.66. The molecule has 0 saturated carbocycles. The number of benzene rings is 2. The molecule has 2 nitrogen and oxygen atoms in total. The maximum atomic E-state index is 6.10. The van der Waals surface area contributed by atoms with E-state index < -0.39 is 0 Å². The molecule has 0 atom stereocenters. The molecular formula is C21H22N2. The van der Waals surface area contributed by atoms with Crippen molar-refractivity contribution in [3.05, 3.63) is 65.7 Å². The van der Waals surface area contributed by atoms with Gasteiger partial charge in [-0.2, -0.15) is 0 Å². The summed E-state index contributed by atoms with van der Waals surface area (Å²) in [4.78, 5) is 4.62. The fraction of sp³-hybridized carbons (Fsp3) is 0.190. The molecule has 2 N–H and O–H groups in total. The van der Waals surface area contributed by atoms with Crippen LogP contribution in [0.3, 0.4) is 0 Å². The third-order valence-electron chi connectivity index (χ3n) is 4.09. The first kappa shape index (κ1) is 15.3. The van der Waals surface area contributed by atoms with Gasteiger partial charge in [0.1, 0.15) is 5.84 Å². The molecule has 0 spiro atoms. The van der Waals surface area contributed by atoms with Crippen LogP contribution in [0.15, 0.2) is 59.6 Å². The van der Waals surface area contributed by atoms with E-state index in [4.69, 9.17) is 5.73 Å². The van der Waals surface area contributed by atoms with E-state index in [1.807, 2.05) is 6.08 Å². The van der Waals surface area contributed by atoms with E-state index in [2.05, 4.69) is 67.0 Å².